The highest BCUT2D eigenvalue weighted by Crippen LogP contribution is 2.18. The zero-order chi connectivity index (χ0) is 14.1. The van der Waals surface area contributed by atoms with Gasteiger partial charge in [-0.25, -0.2) is 0 Å². The highest BCUT2D eigenvalue weighted by molar-refractivity contribution is 7.11. The average molecular weight is 285 g/mol. The third kappa shape index (κ3) is 2.44. The lowest BCUT2D eigenvalue weighted by Gasteiger charge is -2.01. The van der Waals surface area contributed by atoms with Crippen molar-refractivity contribution in [3.63, 3.8) is 0 Å². The van der Waals surface area contributed by atoms with Gasteiger partial charge in [0.2, 0.25) is 0 Å². The van der Waals surface area contributed by atoms with E-state index >= 15 is 0 Å². The van der Waals surface area contributed by atoms with E-state index < -0.39 is 0 Å². The van der Waals surface area contributed by atoms with Gasteiger partial charge in [0.1, 0.15) is 0 Å². The fourth-order valence-electron chi connectivity index (χ4n) is 2.13. The lowest BCUT2D eigenvalue weighted by Crippen LogP contribution is -2.22. The number of hydrogen-bond donors (Lipinski definition) is 2. The summed E-state index contributed by atoms with van der Waals surface area (Å²) in [5.74, 6) is -0.145. The number of benzene rings is 1. The topological polar surface area (TPSA) is 57.8 Å². The van der Waals surface area contributed by atoms with Crippen molar-refractivity contribution in [1.29, 1.82) is 0 Å². The highest BCUT2D eigenvalue weighted by Gasteiger charge is 2.14. The Kier molecular flexibility index (Phi) is 3.28. The van der Waals surface area contributed by atoms with Crippen LogP contribution < -0.4 is 5.32 Å². The number of fused-ring (bicyclic) bond motifs is 1. The third-order valence-corrected chi connectivity index (χ3v) is 4.15. The molecule has 2 heterocycles. The molecule has 5 heteroatoms. The van der Waals surface area contributed by atoms with Crippen LogP contribution in [0.25, 0.3) is 10.9 Å². The SMILES string of the molecule is Cc1ccc2[nH]nc(C(=O)NCc3ccc(C)s3)c2c1. The van der Waals surface area contributed by atoms with Gasteiger partial charge in [-0.2, -0.15) is 5.10 Å². The molecule has 0 radical (unpaired) electrons. The zero-order valence-electron chi connectivity index (χ0n) is 11.4. The quantitative estimate of drug-likeness (QED) is 0.776. The normalized spacial score (nSPS) is 10.9. The number of rotatable bonds is 3. The molecule has 4 nitrogen and oxygen atoms in total. The second kappa shape index (κ2) is 5.09. The Morgan fingerprint density at radius 2 is 2.15 bits per heavy atom. The molecule has 0 spiro atoms. The summed E-state index contributed by atoms with van der Waals surface area (Å²) in [7, 11) is 0. The Labute approximate surface area is 120 Å². The molecule has 2 N–H and O–H groups in total. The molecule has 0 unspecified atom stereocenters. The van der Waals surface area contributed by atoms with Gasteiger partial charge < -0.3 is 5.32 Å². The molecule has 20 heavy (non-hydrogen) atoms. The molecule has 1 amide bonds. The zero-order valence-corrected chi connectivity index (χ0v) is 12.2. The summed E-state index contributed by atoms with van der Waals surface area (Å²) in [5.41, 5.74) is 2.45. The van der Waals surface area contributed by atoms with Crippen LogP contribution in [0.5, 0.6) is 0 Å². The van der Waals surface area contributed by atoms with Crippen molar-refractivity contribution in [3.8, 4) is 0 Å². The number of nitrogens with zero attached hydrogens (tertiary/aromatic N) is 1. The summed E-state index contributed by atoms with van der Waals surface area (Å²) >= 11 is 1.69. The van der Waals surface area contributed by atoms with Crippen LogP contribution in [0.15, 0.2) is 30.3 Å². The lowest BCUT2D eigenvalue weighted by molar-refractivity contribution is 0.0948. The monoisotopic (exact) mass is 285 g/mol. The fourth-order valence-corrected chi connectivity index (χ4v) is 2.96. The minimum Gasteiger partial charge on any atom is -0.346 e. The van der Waals surface area contributed by atoms with E-state index in [1.54, 1.807) is 11.3 Å². The molecule has 0 fully saturated rings. The Balaban J connectivity index is 1.80. The Morgan fingerprint density at radius 1 is 1.30 bits per heavy atom. The van der Waals surface area contributed by atoms with Gasteiger partial charge in [-0.3, -0.25) is 9.89 Å². The predicted octanol–water partition coefficient (Wildman–Crippen LogP) is 3.17. The van der Waals surface area contributed by atoms with E-state index in [2.05, 4.69) is 28.5 Å². The average Bonchev–Trinajstić information content (AvgIpc) is 3.02. The van der Waals surface area contributed by atoms with Gasteiger partial charge >= 0.3 is 0 Å². The molecular weight excluding hydrogens is 270 g/mol. The summed E-state index contributed by atoms with van der Waals surface area (Å²) < 4.78 is 0. The molecule has 1 aromatic carbocycles. The first-order valence-corrected chi connectivity index (χ1v) is 7.23. The predicted molar refractivity (Wildman–Crippen MR) is 81.1 cm³/mol. The van der Waals surface area contributed by atoms with Crippen molar-refractivity contribution in [2.75, 3.05) is 0 Å². The fraction of sp³-hybridized carbons (Fsp3) is 0.200. The van der Waals surface area contributed by atoms with Crippen LogP contribution in [0, 0.1) is 13.8 Å². The first-order chi connectivity index (χ1) is 9.63. The molecule has 0 aliphatic carbocycles. The number of nitrogens with one attached hydrogen (secondary N) is 2. The smallest absolute Gasteiger partial charge is 0.272 e. The van der Waals surface area contributed by atoms with Gasteiger partial charge in [-0.05, 0) is 38.1 Å². The summed E-state index contributed by atoms with van der Waals surface area (Å²) in [4.78, 5) is 14.6. The van der Waals surface area contributed by atoms with Crippen LogP contribution >= 0.6 is 11.3 Å². The van der Waals surface area contributed by atoms with Crippen LogP contribution in [0.4, 0.5) is 0 Å². The molecule has 3 aromatic rings. The van der Waals surface area contributed by atoms with Crippen molar-refractivity contribution < 1.29 is 4.79 Å². The largest absolute Gasteiger partial charge is 0.346 e. The second-order valence-electron chi connectivity index (χ2n) is 4.82. The third-order valence-electron chi connectivity index (χ3n) is 3.15. The first kappa shape index (κ1) is 12.9. The minimum absolute atomic E-state index is 0.145. The van der Waals surface area contributed by atoms with Crippen molar-refractivity contribution in [1.82, 2.24) is 15.5 Å². The van der Waals surface area contributed by atoms with E-state index in [1.165, 1.54) is 4.88 Å². The van der Waals surface area contributed by atoms with Gasteiger partial charge in [-0.1, -0.05) is 11.6 Å². The molecule has 0 atom stereocenters. The Morgan fingerprint density at radius 3 is 2.90 bits per heavy atom. The molecule has 0 bridgehead atoms. The molecule has 0 saturated carbocycles. The van der Waals surface area contributed by atoms with E-state index in [1.807, 2.05) is 31.2 Å². The number of thiophene rings is 1. The van der Waals surface area contributed by atoms with Crippen LogP contribution in [0.1, 0.15) is 25.8 Å². The maximum atomic E-state index is 12.2. The van der Waals surface area contributed by atoms with Crippen molar-refractivity contribution in [2.45, 2.75) is 20.4 Å². The number of carbonyl (C=O) groups excluding carboxylic acids is 1. The molecule has 2 aromatic heterocycles. The highest BCUT2D eigenvalue weighted by atomic mass is 32.1. The number of aryl methyl sites for hydroxylation is 2. The summed E-state index contributed by atoms with van der Waals surface area (Å²) in [5, 5.41) is 10.8. The molecule has 0 saturated heterocycles. The Bertz CT molecular complexity index is 772. The van der Waals surface area contributed by atoms with Crippen LogP contribution in [0.3, 0.4) is 0 Å². The number of hydrogen-bond acceptors (Lipinski definition) is 3. The lowest BCUT2D eigenvalue weighted by atomic mass is 10.1. The van der Waals surface area contributed by atoms with Crippen molar-refractivity contribution in [2.24, 2.45) is 0 Å². The van der Waals surface area contributed by atoms with E-state index in [9.17, 15) is 4.79 Å². The van der Waals surface area contributed by atoms with E-state index in [4.69, 9.17) is 0 Å². The van der Waals surface area contributed by atoms with Crippen molar-refractivity contribution >= 4 is 28.1 Å². The van der Waals surface area contributed by atoms with Gasteiger partial charge in [-0.15, -0.1) is 11.3 Å². The number of aromatic amines is 1. The number of amides is 1. The summed E-state index contributed by atoms with van der Waals surface area (Å²) in [6, 6.07) is 10.0. The standard InChI is InChI=1S/C15H15N3OS/c1-9-3-6-13-12(7-9)14(18-17-13)15(19)16-8-11-5-4-10(2)20-11/h3-7H,8H2,1-2H3,(H,16,19)(H,17,18). The van der Waals surface area contributed by atoms with Crippen molar-refractivity contribution in [3.05, 3.63) is 51.3 Å². The number of H-pyrrole nitrogens is 1. The van der Waals surface area contributed by atoms with Gasteiger partial charge in [0.15, 0.2) is 5.69 Å². The van der Waals surface area contributed by atoms with E-state index in [0.717, 1.165) is 21.3 Å². The molecule has 102 valence electrons. The molecule has 0 aliphatic rings. The van der Waals surface area contributed by atoms with Crippen LogP contribution in [0.2, 0.25) is 0 Å². The van der Waals surface area contributed by atoms with Crippen LogP contribution in [-0.2, 0) is 6.54 Å². The maximum Gasteiger partial charge on any atom is 0.272 e. The van der Waals surface area contributed by atoms with E-state index in [0.29, 0.717) is 12.2 Å². The van der Waals surface area contributed by atoms with Gasteiger partial charge in [0.05, 0.1) is 12.1 Å². The maximum absolute atomic E-state index is 12.2. The minimum atomic E-state index is -0.145. The first-order valence-electron chi connectivity index (χ1n) is 6.42. The van der Waals surface area contributed by atoms with E-state index in [-0.39, 0.29) is 5.91 Å². The molecule has 0 aliphatic heterocycles. The number of carbonyl (C=O) groups is 1. The number of aromatic nitrogens is 2. The van der Waals surface area contributed by atoms with Gasteiger partial charge in [0, 0.05) is 15.1 Å². The Hall–Kier alpha value is -2.14. The summed E-state index contributed by atoms with van der Waals surface area (Å²) in [6.07, 6.45) is 0. The molecule has 3 rings (SSSR count). The molecular formula is C15H15N3OS. The summed E-state index contributed by atoms with van der Waals surface area (Å²) in [6.45, 7) is 4.60. The van der Waals surface area contributed by atoms with Crippen LogP contribution in [-0.4, -0.2) is 16.1 Å². The van der Waals surface area contributed by atoms with Gasteiger partial charge in [0.25, 0.3) is 5.91 Å². The second-order valence-corrected chi connectivity index (χ2v) is 6.19.